The first-order valence-corrected chi connectivity index (χ1v) is 7.30. The van der Waals surface area contributed by atoms with E-state index in [1.807, 2.05) is 73.1 Å². The highest BCUT2D eigenvalue weighted by Gasteiger charge is 2.18. The van der Waals surface area contributed by atoms with Crippen molar-refractivity contribution in [2.24, 2.45) is 0 Å². The molecule has 0 atom stereocenters. The van der Waals surface area contributed by atoms with Gasteiger partial charge in [-0.2, -0.15) is 0 Å². The van der Waals surface area contributed by atoms with Gasteiger partial charge in [0, 0.05) is 0 Å². The van der Waals surface area contributed by atoms with Gasteiger partial charge in [0.25, 0.3) is 5.56 Å². The van der Waals surface area contributed by atoms with Crippen LogP contribution in [-0.4, -0.2) is 15.8 Å². The highest BCUT2D eigenvalue weighted by Crippen LogP contribution is 2.20. The summed E-state index contributed by atoms with van der Waals surface area (Å²) < 4.78 is 3.37. The van der Waals surface area contributed by atoms with Crippen LogP contribution in [0.1, 0.15) is 11.3 Å². The fraction of sp³-hybridized carbons (Fsp3) is 0.111. The predicted octanol–water partition coefficient (Wildman–Crippen LogP) is 2.81. The lowest BCUT2D eigenvalue weighted by Crippen LogP contribution is -2.21. The SMILES string of the molecule is Cc1ccc(-n2c(C)c(NC=O)c(=O)n2-c2ccccc2)cc1. The van der Waals surface area contributed by atoms with E-state index in [-0.39, 0.29) is 11.2 Å². The molecular weight excluding hydrogens is 290 g/mol. The van der Waals surface area contributed by atoms with E-state index in [4.69, 9.17) is 0 Å². The zero-order chi connectivity index (χ0) is 16.4. The Morgan fingerprint density at radius 1 is 0.870 bits per heavy atom. The van der Waals surface area contributed by atoms with E-state index in [9.17, 15) is 9.59 Å². The third kappa shape index (κ3) is 2.57. The van der Waals surface area contributed by atoms with Crippen LogP contribution in [0.15, 0.2) is 59.4 Å². The molecule has 0 unspecified atom stereocenters. The fourth-order valence-corrected chi connectivity index (χ4v) is 2.63. The molecular formula is C18H17N3O2. The number of nitrogens with zero attached hydrogens (tertiary/aromatic N) is 2. The third-order valence-corrected chi connectivity index (χ3v) is 3.77. The van der Waals surface area contributed by atoms with E-state index in [1.165, 1.54) is 0 Å². The van der Waals surface area contributed by atoms with Gasteiger partial charge < -0.3 is 5.32 Å². The second-order valence-electron chi connectivity index (χ2n) is 5.32. The van der Waals surface area contributed by atoms with Gasteiger partial charge in [-0.3, -0.25) is 9.59 Å². The molecule has 1 heterocycles. The standard InChI is InChI=1S/C18H17N3O2/c1-13-8-10-16(11-9-13)20-14(2)17(19-12-22)18(23)21(20)15-6-4-3-5-7-15/h3-12H,1-2H3,(H,19,22). The van der Waals surface area contributed by atoms with Crippen molar-refractivity contribution in [3.8, 4) is 11.4 Å². The van der Waals surface area contributed by atoms with E-state index in [1.54, 1.807) is 4.68 Å². The van der Waals surface area contributed by atoms with Crippen molar-refractivity contribution in [1.82, 2.24) is 9.36 Å². The molecule has 0 bridgehead atoms. The Morgan fingerprint density at radius 3 is 2.09 bits per heavy atom. The van der Waals surface area contributed by atoms with Crippen molar-refractivity contribution in [1.29, 1.82) is 0 Å². The number of nitrogens with one attached hydrogen (secondary N) is 1. The Balaban J connectivity index is 2.33. The number of anilines is 1. The molecule has 1 amide bonds. The zero-order valence-electron chi connectivity index (χ0n) is 13.0. The highest BCUT2D eigenvalue weighted by atomic mass is 16.1. The summed E-state index contributed by atoms with van der Waals surface area (Å²) in [7, 11) is 0. The maximum Gasteiger partial charge on any atom is 0.295 e. The molecule has 116 valence electrons. The number of carbonyl (C=O) groups is 1. The van der Waals surface area contributed by atoms with E-state index in [0.717, 1.165) is 16.9 Å². The molecule has 0 radical (unpaired) electrons. The summed E-state index contributed by atoms with van der Waals surface area (Å²) in [5.74, 6) is 0. The molecule has 0 saturated carbocycles. The van der Waals surface area contributed by atoms with Crippen LogP contribution in [0.25, 0.3) is 11.4 Å². The van der Waals surface area contributed by atoms with E-state index >= 15 is 0 Å². The first kappa shape index (κ1) is 14.8. The van der Waals surface area contributed by atoms with Crippen LogP contribution in [0.3, 0.4) is 0 Å². The molecule has 0 aliphatic carbocycles. The minimum absolute atomic E-state index is 0.263. The van der Waals surface area contributed by atoms with Gasteiger partial charge >= 0.3 is 0 Å². The number of para-hydroxylation sites is 1. The summed E-state index contributed by atoms with van der Waals surface area (Å²) in [6.45, 7) is 3.82. The van der Waals surface area contributed by atoms with Crippen LogP contribution in [0.4, 0.5) is 5.69 Å². The van der Waals surface area contributed by atoms with Crippen LogP contribution < -0.4 is 10.9 Å². The molecule has 1 N–H and O–H groups in total. The molecule has 0 aliphatic rings. The van der Waals surface area contributed by atoms with Crippen LogP contribution in [-0.2, 0) is 4.79 Å². The van der Waals surface area contributed by atoms with Crippen molar-refractivity contribution >= 4 is 12.1 Å². The lowest BCUT2D eigenvalue weighted by molar-refractivity contribution is -0.105. The molecule has 0 fully saturated rings. The number of hydrogen-bond acceptors (Lipinski definition) is 2. The largest absolute Gasteiger partial charge is 0.323 e. The monoisotopic (exact) mass is 307 g/mol. The molecule has 3 rings (SSSR count). The summed E-state index contributed by atoms with van der Waals surface area (Å²) in [5.41, 5.74) is 3.42. The van der Waals surface area contributed by atoms with E-state index in [2.05, 4.69) is 5.32 Å². The number of amides is 1. The maximum atomic E-state index is 12.8. The van der Waals surface area contributed by atoms with Gasteiger partial charge in [-0.05, 0) is 38.1 Å². The first-order valence-electron chi connectivity index (χ1n) is 7.30. The highest BCUT2D eigenvalue weighted by molar-refractivity contribution is 5.73. The van der Waals surface area contributed by atoms with Crippen molar-refractivity contribution in [2.45, 2.75) is 13.8 Å². The van der Waals surface area contributed by atoms with Gasteiger partial charge in [-0.15, -0.1) is 0 Å². The van der Waals surface area contributed by atoms with Crippen molar-refractivity contribution in [2.75, 3.05) is 5.32 Å². The Hall–Kier alpha value is -3.08. The molecule has 0 spiro atoms. The van der Waals surface area contributed by atoms with Gasteiger partial charge in [-0.1, -0.05) is 35.9 Å². The zero-order valence-corrected chi connectivity index (χ0v) is 13.0. The molecule has 5 nitrogen and oxygen atoms in total. The van der Waals surface area contributed by atoms with Crippen molar-refractivity contribution in [3.05, 3.63) is 76.2 Å². The van der Waals surface area contributed by atoms with Gasteiger partial charge in [0.15, 0.2) is 0 Å². The van der Waals surface area contributed by atoms with Gasteiger partial charge in [0.1, 0.15) is 5.69 Å². The quantitative estimate of drug-likeness (QED) is 0.754. The maximum absolute atomic E-state index is 12.8. The van der Waals surface area contributed by atoms with Gasteiger partial charge in [0.2, 0.25) is 6.41 Å². The number of hydrogen-bond donors (Lipinski definition) is 1. The van der Waals surface area contributed by atoms with E-state index in [0.29, 0.717) is 12.1 Å². The molecule has 5 heteroatoms. The van der Waals surface area contributed by atoms with Crippen LogP contribution in [0, 0.1) is 13.8 Å². The van der Waals surface area contributed by atoms with Crippen LogP contribution >= 0.6 is 0 Å². The number of benzene rings is 2. The topological polar surface area (TPSA) is 56.0 Å². The molecule has 1 aromatic heterocycles. The van der Waals surface area contributed by atoms with Crippen LogP contribution in [0.2, 0.25) is 0 Å². The average Bonchev–Trinajstić information content (AvgIpc) is 2.81. The number of aromatic nitrogens is 2. The molecule has 2 aromatic carbocycles. The molecule has 0 aliphatic heterocycles. The first-order chi connectivity index (χ1) is 11.1. The summed E-state index contributed by atoms with van der Waals surface area (Å²) >= 11 is 0. The van der Waals surface area contributed by atoms with Crippen molar-refractivity contribution in [3.63, 3.8) is 0 Å². The predicted molar refractivity (Wildman–Crippen MR) is 90.5 cm³/mol. The van der Waals surface area contributed by atoms with Gasteiger partial charge in [0.05, 0.1) is 17.1 Å². The van der Waals surface area contributed by atoms with Crippen molar-refractivity contribution < 1.29 is 4.79 Å². The smallest absolute Gasteiger partial charge is 0.295 e. The average molecular weight is 307 g/mol. The Bertz CT molecular complexity index is 891. The number of carbonyl (C=O) groups excluding carboxylic acids is 1. The molecule has 0 saturated heterocycles. The van der Waals surface area contributed by atoms with Gasteiger partial charge in [-0.25, -0.2) is 9.36 Å². The second-order valence-corrected chi connectivity index (χ2v) is 5.32. The Labute approximate surface area is 133 Å². The fourth-order valence-electron chi connectivity index (χ4n) is 2.63. The normalized spacial score (nSPS) is 10.5. The third-order valence-electron chi connectivity index (χ3n) is 3.77. The molecule has 23 heavy (non-hydrogen) atoms. The number of rotatable bonds is 4. The Kier molecular flexibility index (Phi) is 3.85. The second kappa shape index (κ2) is 5.96. The summed E-state index contributed by atoms with van der Waals surface area (Å²) in [6.07, 6.45) is 0.526. The minimum atomic E-state index is -0.263. The summed E-state index contributed by atoms with van der Waals surface area (Å²) in [6, 6.07) is 17.2. The van der Waals surface area contributed by atoms with E-state index < -0.39 is 0 Å². The lowest BCUT2D eigenvalue weighted by atomic mass is 10.2. The minimum Gasteiger partial charge on any atom is -0.323 e. The molecule has 3 aromatic rings. The Morgan fingerprint density at radius 2 is 1.48 bits per heavy atom. The van der Waals surface area contributed by atoms with Crippen LogP contribution in [0.5, 0.6) is 0 Å². The summed E-state index contributed by atoms with van der Waals surface area (Å²) in [5, 5.41) is 2.52. The number of aryl methyl sites for hydroxylation is 1. The summed E-state index contributed by atoms with van der Waals surface area (Å²) in [4.78, 5) is 23.6. The lowest BCUT2D eigenvalue weighted by Gasteiger charge is -2.13.